The average molecular weight is 397 g/mol. The predicted molar refractivity (Wildman–Crippen MR) is 111 cm³/mol. The molecular weight excluding hydrogens is 378 g/mol. The van der Waals surface area contributed by atoms with Gasteiger partial charge in [-0.1, -0.05) is 11.3 Å². The standard InChI is InChI=1S/C20H19N3O4S/c1-12(24)21-14-5-6-17-18(10-14)28-20(22-17)23-19(25)7-4-13-8-15(26-2)11-16(9-13)27-3/h4-11H,1-3H3,(H,21,24)(H,22,23,25)/b7-4+. The Morgan fingerprint density at radius 3 is 2.39 bits per heavy atom. The van der Waals surface area contributed by atoms with Gasteiger partial charge in [0.2, 0.25) is 11.8 Å². The Balaban J connectivity index is 1.72. The highest BCUT2D eigenvalue weighted by Crippen LogP contribution is 2.28. The Kier molecular flexibility index (Phi) is 5.90. The second kappa shape index (κ2) is 8.53. The monoisotopic (exact) mass is 397 g/mol. The van der Waals surface area contributed by atoms with Crippen LogP contribution >= 0.6 is 11.3 Å². The number of amides is 2. The summed E-state index contributed by atoms with van der Waals surface area (Å²) in [4.78, 5) is 27.8. The molecule has 0 radical (unpaired) electrons. The quantitative estimate of drug-likeness (QED) is 0.615. The molecule has 0 atom stereocenters. The molecule has 0 saturated carbocycles. The summed E-state index contributed by atoms with van der Waals surface area (Å²) >= 11 is 1.33. The van der Waals surface area contributed by atoms with Crippen molar-refractivity contribution in [2.45, 2.75) is 6.92 Å². The second-order valence-corrected chi connectivity index (χ2v) is 6.88. The third kappa shape index (κ3) is 4.86. The number of thiazole rings is 1. The first-order valence-electron chi connectivity index (χ1n) is 8.37. The van der Waals surface area contributed by atoms with E-state index in [1.165, 1.54) is 24.3 Å². The Morgan fingerprint density at radius 2 is 1.75 bits per heavy atom. The number of ether oxygens (including phenoxy) is 2. The van der Waals surface area contributed by atoms with E-state index in [1.54, 1.807) is 50.6 Å². The zero-order chi connectivity index (χ0) is 20.1. The lowest BCUT2D eigenvalue weighted by atomic mass is 10.2. The Morgan fingerprint density at radius 1 is 1.04 bits per heavy atom. The maximum Gasteiger partial charge on any atom is 0.250 e. The fourth-order valence-corrected chi connectivity index (χ4v) is 3.41. The number of fused-ring (bicyclic) bond motifs is 1. The maximum atomic E-state index is 12.2. The molecule has 2 amide bonds. The van der Waals surface area contributed by atoms with Crippen LogP contribution in [0.1, 0.15) is 12.5 Å². The van der Waals surface area contributed by atoms with E-state index in [0.29, 0.717) is 22.3 Å². The number of hydrogen-bond donors (Lipinski definition) is 2. The Labute approximate surface area is 166 Å². The smallest absolute Gasteiger partial charge is 0.250 e. The molecule has 0 bridgehead atoms. The van der Waals surface area contributed by atoms with Crippen molar-refractivity contribution in [3.8, 4) is 11.5 Å². The van der Waals surface area contributed by atoms with Gasteiger partial charge in [0.05, 0.1) is 24.4 Å². The third-order valence-corrected chi connectivity index (χ3v) is 4.67. The number of benzene rings is 2. The highest BCUT2D eigenvalue weighted by Gasteiger charge is 2.08. The van der Waals surface area contributed by atoms with Crippen molar-refractivity contribution in [3.63, 3.8) is 0 Å². The molecule has 0 aliphatic carbocycles. The van der Waals surface area contributed by atoms with Crippen molar-refractivity contribution in [1.82, 2.24) is 4.98 Å². The molecule has 3 rings (SSSR count). The number of methoxy groups -OCH3 is 2. The molecule has 8 heteroatoms. The molecule has 2 aromatic carbocycles. The lowest BCUT2D eigenvalue weighted by molar-refractivity contribution is -0.114. The summed E-state index contributed by atoms with van der Waals surface area (Å²) in [6.45, 7) is 1.45. The van der Waals surface area contributed by atoms with Gasteiger partial charge in [0.25, 0.3) is 0 Å². The topological polar surface area (TPSA) is 89.5 Å². The van der Waals surface area contributed by atoms with Crippen LogP contribution < -0.4 is 20.1 Å². The molecule has 7 nitrogen and oxygen atoms in total. The first kappa shape index (κ1) is 19.4. The van der Waals surface area contributed by atoms with Crippen LogP contribution in [0.15, 0.2) is 42.5 Å². The van der Waals surface area contributed by atoms with Crippen LogP contribution in [0.5, 0.6) is 11.5 Å². The fraction of sp³-hybridized carbons (Fsp3) is 0.150. The minimum Gasteiger partial charge on any atom is -0.497 e. The Hall–Kier alpha value is -3.39. The summed E-state index contributed by atoms with van der Waals surface area (Å²) in [5.74, 6) is 0.834. The third-order valence-electron chi connectivity index (χ3n) is 3.74. The summed E-state index contributed by atoms with van der Waals surface area (Å²) in [5, 5.41) is 5.96. The van der Waals surface area contributed by atoms with Gasteiger partial charge in [0.1, 0.15) is 11.5 Å². The molecule has 2 N–H and O–H groups in total. The first-order valence-corrected chi connectivity index (χ1v) is 9.19. The molecule has 28 heavy (non-hydrogen) atoms. The number of carbonyl (C=O) groups excluding carboxylic acids is 2. The minimum absolute atomic E-state index is 0.142. The molecule has 0 aliphatic rings. The van der Waals surface area contributed by atoms with Crippen LogP contribution in [0.25, 0.3) is 16.3 Å². The van der Waals surface area contributed by atoms with Gasteiger partial charge in [-0.25, -0.2) is 4.98 Å². The van der Waals surface area contributed by atoms with Crippen LogP contribution in [0.4, 0.5) is 10.8 Å². The van der Waals surface area contributed by atoms with Crippen molar-refractivity contribution in [1.29, 1.82) is 0 Å². The molecule has 0 saturated heterocycles. The van der Waals surface area contributed by atoms with Crippen molar-refractivity contribution < 1.29 is 19.1 Å². The summed E-state index contributed by atoms with van der Waals surface area (Å²) in [6.07, 6.45) is 3.09. The van der Waals surface area contributed by atoms with Crippen molar-refractivity contribution >= 4 is 50.3 Å². The van der Waals surface area contributed by atoms with Crippen LogP contribution in [0.2, 0.25) is 0 Å². The number of carbonyl (C=O) groups is 2. The zero-order valence-electron chi connectivity index (χ0n) is 15.6. The van der Waals surface area contributed by atoms with Gasteiger partial charge in [-0.3, -0.25) is 14.9 Å². The highest BCUT2D eigenvalue weighted by atomic mass is 32.1. The van der Waals surface area contributed by atoms with E-state index in [9.17, 15) is 9.59 Å². The van der Waals surface area contributed by atoms with Crippen molar-refractivity contribution in [2.75, 3.05) is 24.9 Å². The molecule has 0 aliphatic heterocycles. The van der Waals surface area contributed by atoms with Gasteiger partial charge in [-0.15, -0.1) is 0 Å². The van der Waals surface area contributed by atoms with Crippen LogP contribution in [0.3, 0.4) is 0 Å². The van der Waals surface area contributed by atoms with E-state index in [0.717, 1.165) is 15.8 Å². The molecule has 1 aromatic heterocycles. The molecule has 1 heterocycles. The number of nitrogens with zero attached hydrogens (tertiary/aromatic N) is 1. The Bertz CT molecular complexity index is 1040. The minimum atomic E-state index is -0.303. The summed E-state index contributed by atoms with van der Waals surface area (Å²) < 4.78 is 11.3. The lowest BCUT2D eigenvalue weighted by Gasteiger charge is -2.05. The van der Waals surface area contributed by atoms with Gasteiger partial charge in [-0.05, 0) is 42.0 Å². The number of aromatic nitrogens is 1. The normalized spacial score (nSPS) is 10.8. The van der Waals surface area contributed by atoms with E-state index in [2.05, 4.69) is 15.6 Å². The highest BCUT2D eigenvalue weighted by molar-refractivity contribution is 7.22. The number of rotatable bonds is 6. The van der Waals surface area contributed by atoms with Gasteiger partial charge >= 0.3 is 0 Å². The molecule has 0 fully saturated rings. The lowest BCUT2D eigenvalue weighted by Crippen LogP contribution is -2.07. The SMILES string of the molecule is COc1cc(/C=C/C(=O)Nc2nc3ccc(NC(C)=O)cc3s2)cc(OC)c1. The molecule has 144 valence electrons. The maximum absolute atomic E-state index is 12.2. The van der Waals surface area contributed by atoms with E-state index in [-0.39, 0.29) is 11.8 Å². The van der Waals surface area contributed by atoms with Crippen molar-refractivity contribution in [2.24, 2.45) is 0 Å². The van der Waals surface area contributed by atoms with Crippen molar-refractivity contribution in [3.05, 3.63) is 48.0 Å². The van der Waals surface area contributed by atoms with E-state index < -0.39 is 0 Å². The van der Waals surface area contributed by atoms with Crippen LogP contribution in [-0.2, 0) is 9.59 Å². The molecular formula is C20H19N3O4S. The summed E-state index contributed by atoms with van der Waals surface area (Å²) in [5.41, 5.74) is 2.21. The van der Waals surface area contributed by atoms with Gasteiger partial charge in [-0.2, -0.15) is 0 Å². The molecule has 0 spiro atoms. The van der Waals surface area contributed by atoms with Gasteiger partial charge in [0.15, 0.2) is 5.13 Å². The van der Waals surface area contributed by atoms with Gasteiger partial charge in [0, 0.05) is 24.8 Å². The first-order chi connectivity index (χ1) is 13.5. The number of hydrogen-bond acceptors (Lipinski definition) is 6. The summed E-state index contributed by atoms with van der Waals surface area (Å²) in [6, 6.07) is 10.7. The van der Waals surface area contributed by atoms with E-state index in [1.807, 2.05) is 6.07 Å². The fourth-order valence-electron chi connectivity index (χ4n) is 2.50. The molecule has 0 unspecified atom stereocenters. The number of anilines is 2. The van der Waals surface area contributed by atoms with Gasteiger partial charge < -0.3 is 14.8 Å². The predicted octanol–water partition coefficient (Wildman–Crippen LogP) is 3.92. The van der Waals surface area contributed by atoms with E-state index >= 15 is 0 Å². The number of nitrogens with one attached hydrogen (secondary N) is 2. The zero-order valence-corrected chi connectivity index (χ0v) is 16.4. The largest absolute Gasteiger partial charge is 0.497 e. The van der Waals surface area contributed by atoms with Crippen LogP contribution in [0, 0.1) is 0 Å². The van der Waals surface area contributed by atoms with Crippen LogP contribution in [-0.4, -0.2) is 31.0 Å². The van der Waals surface area contributed by atoms with E-state index in [4.69, 9.17) is 9.47 Å². The average Bonchev–Trinajstić information content (AvgIpc) is 3.06. The molecule has 3 aromatic rings. The second-order valence-electron chi connectivity index (χ2n) is 5.85. The summed E-state index contributed by atoms with van der Waals surface area (Å²) in [7, 11) is 3.14.